The van der Waals surface area contributed by atoms with E-state index in [-0.39, 0.29) is 22.2 Å². The van der Waals surface area contributed by atoms with Gasteiger partial charge in [-0.25, -0.2) is 9.97 Å². The molecule has 0 atom stereocenters. The van der Waals surface area contributed by atoms with E-state index in [4.69, 9.17) is 11.6 Å². The molecule has 1 aromatic carbocycles. The van der Waals surface area contributed by atoms with E-state index in [1.54, 1.807) is 4.90 Å². The monoisotopic (exact) mass is 389 g/mol. The Labute approximate surface area is 161 Å². The molecule has 1 amide bonds. The number of halogens is 1. The smallest absolute Gasteiger partial charge is 0.270 e. The van der Waals surface area contributed by atoms with Gasteiger partial charge in [0.1, 0.15) is 11.6 Å². The minimum atomic E-state index is -0.538. The molecule has 0 N–H and O–H groups in total. The second-order valence-electron chi connectivity index (χ2n) is 6.43. The van der Waals surface area contributed by atoms with Gasteiger partial charge in [0.2, 0.25) is 0 Å². The number of aromatic nitrogens is 2. The average Bonchev–Trinajstić information content (AvgIpc) is 2.65. The third-order valence-electron chi connectivity index (χ3n) is 4.67. The molecule has 9 heteroatoms. The first kappa shape index (κ1) is 19.0. The number of rotatable bonds is 4. The Morgan fingerprint density at radius 3 is 2.78 bits per heavy atom. The minimum absolute atomic E-state index is 0.0750. The zero-order valence-corrected chi connectivity index (χ0v) is 16.2. The number of fused-ring (bicyclic) bond motifs is 1. The van der Waals surface area contributed by atoms with Crippen LogP contribution in [-0.4, -0.2) is 45.8 Å². The van der Waals surface area contributed by atoms with E-state index in [9.17, 15) is 14.9 Å². The van der Waals surface area contributed by atoms with Gasteiger partial charge in [0.15, 0.2) is 0 Å². The summed E-state index contributed by atoms with van der Waals surface area (Å²) in [6, 6.07) is 3.90. The van der Waals surface area contributed by atoms with Crippen LogP contribution in [0.1, 0.15) is 34.4 Å². The van der Waals surface area contributed by atoms with Crippen molar-refractivity contribution in [2.45, 2.75) is 26.8 Å². The third kappa shape index (κ3) is 3.71. The number of nitro groups is 1. The van der Waals surface area contributed by atoms with Gasteiger partial charge in [-0.1, -0.05) is 11.6 Å². The van der Waals surface area contributed by atoms with Crippen LogP contribution in [0.3, 0.4) is 0 Å². The van der Waals surface area contributed by atoms with Gasteiger partial charge in [-0.15, -0.1) is 0 Å². The molecule has 0 saturated heterocycles. The van der Waals surface area contributed by atoms with Crippen LogP contribution in [0.5, 0.6) is 0 Å². The first-order valence-electron chi connectivity index (χ1n) is 8.62. The second kappa shape index (κ2) is 7.48. The largest absolute Gasteiger partial charge is 0.360 e. The molecular formula is C18H20ClN5O3. The standard InChI is InChI=1S/C18H20ClN5O3/c1-4-22(3)17-14-10-23(8-7-16(14)20-11(2)21-17)18(25)13-6-5-12(24(26)27)9-15(13)19/h5-6,9H,4,7-8,10H2,1-3H3. The van der Waals surface area contributed by atoms with Crippen LogP contribution in [0.2, 0.25) is 5.02 Å². The lowest BCUT2D eigenvalue weighted by Crippen LogP contribution is -2.38. The average molecular weight is 390 g/mol. The topological polar surface area (TPSA) is 92.5 Å². The van der Waals surface area contributed by atoms with Crippen molar-refractivity contribution in [2.24, 2.45) is 0 Å². The molecular weight excluding hydrogens is 370 g/mol. The number of amides is 1. The molecule has 142 valence electrons. The Bertz CT molecular complexity index is 918. The number of non-ortho nitro benzene ring substituents is 1. The van der Waals surface area contributed by atoms with Crippen LogP contribution < -0.4 is 4.90 Å². The zero-order chi connectivity index (χ0) is 19.7. The zero-order valence-electron chi connectivity index (χ0n) is 15.4. The van der Waals surface area contributed by atoms with Crippen molar-refractivity contribution in [1.29, 1.82) is 0 Å². The van der Waals surface area contributed by atoms with Gasteiger partial charge >= 0.3 is 0 Å². The van der Waals surface area contributed by atoms with Gasteiger partial charge in [0.05, 0.1) is 27.7 Å². The molecule has 1 aliphatic heterocycles. The summed E-state index contributed by atoms with van der Waals surface area (Å²) >= 11 is 6.13. The van der Waals surface area contributed by atoms with E-state index in [1.807, 2.05) is 25.8 Å². The fraction of sp³-hybridized carbons (Fsp3) is 0.389. The Morgan fingerprint density at radius 1 is 1.41 bits per heavy atom. The van der Waals surface area contributed by atoms with E-state index in [0.717, 1.165) is 23.6 Å². The Hall–Kier alpha value is -2.74. The molecule has 0 aliphatic carbocycles. The molecule has 8 nitrogen and oxygen atoms in total. The summed E-state index contributed by atoms with van der Waals surface area (Å²) in [7, 11) is 1.95. The first-order valence-corrected chi connectivity index (χ1v) is 9.00. The fourth-order valence-corrected chi connectivity index (χ4v) is 3.37. The molecule has 2 aromatic rings. The van der Waals surface area contributed by atoms with Crippen LogP contribution in [-0.2, 0) is 13.0 Å². The van der Waals surface area contributed by atoms with Gasteiger partial charge in [-0.3, -0.25) is 14.9 Å². The number of nitrogens with zero attached hydrogens (tertiary/aromatic N) is 5. The van der Waals surface area contributed by atoms with Crippen LogP contribution in [0.4, 0.5) is 11.5 Å². The summed E-state index contributed by atoms with van der Waals surface area (Å²) in [6.07, 6.45) is 0.625. The Kier molecular flexibility index (Phi) is 5.27. The molecule has 2 heterocycles. The van der Waals surface area contributed by atoms with Crippen molar-refractivity contribution in [1.82, 2.24) is 14.9 Å². The van der Waals surface area contributed by atoms with E-state index in [2.05, 4.69) is 9.97 Å². The van der Waals surface area contributed by atoms with Gasteiger partial charge in [0, 0.05) is 44.3 Å². The predicted molar refractivity (Wildman–Crippen MR) is 102 cm³/mol. The molecule has 0 spiro atoms. The lowest BCUT2D eigenvalue weighted by atomic mass is 10.0. The van der Waals surface area contributed by atoms with Gasteiger partial charge in [0.25, 0.3) is 11.6 Å². The maximum Gasteiger partial charge on any atom is 0.270 e. The number of nitro benzene ring substituents is 1. The van der Waals surface area contributed by atoms with Crippen molar-refractivity contribution in [3.63, 3.8) is 0 Å². The molecule has 0 bridgehead atoms. The Balaban J connectivity index is 1.92. The molecule has 0 saturated carbocycles. The second-order valence-corrected chi connectivity index (χ2v) is 6.84. The maximum atomic E-state index is 12.9. The van der Waals surface area contributed by atoms with E-state index in [0.29, 0.717) is 25.3 Å². The summed E-state index contributed by atoms with van der Waals surface area (Å²) < 4.78 is 0. The normalized spacial score (nSPS) is 13.3. The first-order chi connectivity index (χ1) is 12.8. The van der Waals surface area contributed by atoms with Crippen molar-refractivity contribution < 1.29 is 9.72 Å². The van der Waals surface area contributed by atoms with Crippen LogP contribution >= 0.6 is 11.6 Å². The summed E-state index contributed by atoms with van der Waals surface area (Å²) in [6.45, 7) is 5.56. The molecule has 0 fully saturated rings. The van der Waals surface area contributed by atoms with Crippen LogP contribution in [0.15, 0.2) is 18.2 Å². The minimum Gasteiger partial charge on any atom is -0.360 e. The highest BCUT2D eigenvalue weighted by molar-refractivity contribution is 6.34. The quantitative estimate of drug-likeness (QED) is 0.589. The molecule has 1 aliphatic rings. The number of aryl methyl sites for hydroxylation is 1. The third-order valence-corrected chi connectivity index (χ3v) is 4.98. The fourth-order valence-electron chi connectivity index (χ4n) is 3.12. The SMILES string of the molecule is CCN(C)c1nc(C)nc2c1CN(C(=O)c1ccc([N+](=O)[O-])cc1Cl)CC2. The summed E-state index contributed by atoms with van der Waals surface area (Å²) in [4.78, 5) is 36.1. The van der Waals surface area contributed by atoms with Crippen LogP contribution in [0, 0.1) is 17.0 Å². The van der Waals surface area contributed by atoms with Crippen molar-refractivity contribution in [3.8, 4) is 0 Å². The van der Waals surface area contributed by atoms with Crippen LogP contribution in [0.25, 0.3) is 0 Å². The highest BCUT2D eigenvalue weighted by Crippen LogP contribution is 2.29. The van der Waals surface area contributed by atoms with E-state index in [1.165, 1.54) is 18.2 Å². The number of hydrogen-bond acceptors (Lipinski definition) is 6. The number of carbonyl (C=O) groups is 1. The highest BCUT2D eigenvalue weighted by Gasteiger charge is 2.28. The van der Waals surface area contributed by atoms with E-state index < -0.39 is 4.92 Å². The number of hydrogen-bond donors (Lipinski definition) is 0. The highest BCUT2D eigenvalue weighted by atomic mass is 35.5. The van der Waals surface area contributed by atoms with Crippen molar-refractivity contribution >= 4 is 29.0 Å². The molecule has 27 heavy (non-hydrogen) atoms. The summed E-state index contributed by atoms with van der Waals surface area (Å²) in [5.74, 6) is 1.28. The van der Waals surface area contributed by atoms with Crippen molar-refractivity contribution in [2.75, 3.05) is 25.0 Å². The van der Waals surface area contributed by atoms with Gasteiger partial charge in [-0.2, -0.15) is 0 Å². The van der Waals surface area contributed by atoms with Crippen molar-refractivity contribution in [3.05, 3.63) is 56.0 Å². The molecule has 3 rings (SSSR count). The number of carbonyl (C=O) groups excluding carboxylic acids is 1. The number of benzene rings is 1. The van der Waals surface area contributed by atoms with E-state index >= 15 is 0 Å². The summed E-state index contributed by atoms with van der Waals surface area (Å²) in [5, 5.41) is 10.9. The lowest BCUT2D eigenvalue weighted by molar-refractivity contribution is -0.384. The predicted octanol–water partition coefficient (Wildman–Crippen LogP) is 3.00. The van der Waals surface area contributed by atoms with Gasteiger partial charge in [-0.05, 0) is 19.9 Å². The number of anilines is 1. The molecule has 0 unspecified atom stereocenters. The molecule has 0 radical (unpaired) electrons. The lowest BCUT2D eigenvalue weighted by Gasteiger charge is -2.31. The maximum absolute atomic E-state index is 12.9. The van der Waals surface area contributed by atoms with Gasteiger partial charge < -0.3 is 9.80 Å². The summed E-state index contributed by atoms with van der Waals surface area (Å²) in [5.41, 5.74) is 2.00. The molecule has 1 aromatic heterocycles. The Morgan fingerprint density at radius 2 is 2.15 bits per heavy atom.